The van der Waals surface area contributed by atoms with E-state index in [4.69, 9.17) is 5.73 Å². The SMILES string of the molecule is CCN(CC)Cc1ccccc1C=NN=C(N)SCc1ccccc1. The summed E-state index contributed by atoms with van der Waals surface area (Å²) < 4.78 is 0. The predicted molar refractivity (Wildman–Crippen MR) is 110 cm³/mol. The molecule has 2 aromatic rings. The Morgan fingerprint density at radius 2 is 1.72 bits per heavy atom. The molecule has 0 aliphatic carbocycles. The molecule has 0 aromatic heterocycles. The van der Waals surface area contributed by atoms with Gasteiger partial charge in [0.1, 0.15) is 0 Å². The van der Waals surface area contributed by atoms with Crippen LogP contribution >= 0.6 is 11.8 Å². The average Bonchev–Trinajstić information content (AvgIpc) is 2.66. The molecule has 0 radical (unpaired) electrons. The van der Waals surface area contributed by atoms with Gasteiger partial charge in [-0.1, -0.05) is 80.2 Å². The van der Waals surface area contributed by atoms with Gasteiger partial charge < -0.3 is 5.73 Å². The predicted octanol–water partition coefficient (Wildman–Crippen LogP) is 4.11. The lowest BCUT2D eigenvalue weighted by molar-refractivity contribution is 0.296. The fourth-order valence-corrected chi connectivity index (χ4v) is 3.01. The highest BCUT2D eigenvalue weighted by Gasteiger charge is 2.04. The fraction of sp³-hybridized carbons (Fsp3) is 0.300. The Bertz CT molecular complexity index is 694. The minimum Gasteiger partial charge on any atom is -0.377 e. The summed E-state index contributed by atoms with van der Waals surface area (Å²) in [5, 5.41) is 8.75. The molecule has 0 spiro atoms. The van der Waals surface area contributed by atoms with Crippen molar-refractivity contribution in [1.82, 2.24) is 4.90 Å². The summed E-state index contributed by atoms with van der Waals surface area (Å²) in [6, 6.07) is 18.5. The molecule has 2 N–H and O–H groups in total. The summed E-state index contributed by atoms with van der Waals surface area (Å²) in [7, 11) is 0. The van der Waals surface area contributed by atoms with Gasteiger partial charge in [-0.3, -0.25) is 4.90 Å². The summed E-state index contributed by atoms with van der Waals surface area (Å²) in [6.07, 6.45) is 1.79. The van der Waals surface area contributed by atoms with Crippen LogP contribution in [-0.4, -0.2) is 29.4 Å². The van der Waals surface area contributed by atoms with Crippen molar-refractivity contribution in [1.29, 1.82) is 0 Å². The van der Waals surface area contributed by atoms with Crippen molar-refractivity contribution >= 4 is 23.1 Å². The molecule has 0 bridgehead atoms. The zero-order valence-electron chi connectivity index (χ0n) is 14.9. The van der Waals surface area contributed by atoms with Crippen molar-refractivity contribution < 1.29 is 0 Å². The zero-order chi connectivity index (χ0) is 17.9. The Morgan fingerprint density at radius 3 is 2.44 bits per heavy atom. The monoisotopic (exact) mass is 354 g/mol. The molecule has 0 aliphatic heterocycles. The molecule has 0 fully saturated rings. The van der Waals surface area contributed by atoms with Gasteiger partial charge in [0.05, 0.1) is 6.21 Å². The van der Waals surface area contributed by atoms with Crippen LogP contribution in [0.5, 0.6) is 0 Å². The van der Waals surface area contributed by atoms with Crippen molar-refractivity contribution in [3.05, 3.63) is 71.3 Å². The smallest absolute Gasteiger partial charge is 0.180 e. The number of thioether (sulfide) groups is 1. The second-order valence-corrected chi connectivity index (χ2v) is 6.61. The van der Waals surface area contributed by atoms with Crippen molar-refractivity contribution in [2.45, 2.75) is 26.1 Å². The Labute approximate surface area is 154 Å². The van der Waals surface area contributed by atoms with Gasteiger partial charge in [0.25, 0.3) is 0 Å². The Hall–Kier alpha value is -2.11. The largest absolute Gasteiger partial charge is 0.377 e. The first-order chi connectivity index (χ1) is 12.2. The summed E-state index contributed by atoms with van der Waals surface area (Å²) in [5.74, 6) is 0.796. The average molecular weight is 355 g/mol. The number of nitrogens with zero attached hydrogens (tertiary/aromatic N) is 3. The van der Waals surface area contributed by atoms with E-state index in [1.807, 2.05) is 24.3 Å². The Morgan fingerprint density at radius 1 is 1.04 bits per heavy atom. The third kappa shape index (κ3) is 6.72. The molecule has 5 heteroatoms. The van der Waals surface area contributed by atoms with Crippen LogP contribution in [-0.2, 0) is 12.3 Å². The third-order valence-electron chi connectivity index (χ3n) is 3.93. The molecule has 0 atom stereocenters. The molecule has 2 aromatic carbocycles. The number of hydrogen-bond donors (Lipinski definition) is 1. The van der Waals surface area contributed by atoms with E-state index < -0.39 is 0 Å². The maximum atomic E-state index is 5.94. The molecular formula is C20H26N4S. The van der Waals surface area contributed by atoms with Crippen LogP contribution in [0.15, 0.2) is 64.8 Å². The molecular weight excluding hydrogens is 328 g/mol. The van der Waals surface area contributed by atoms with Gasteiger partial charge in [0, 0.05) is 12.3 Å². The van der Waals surface area contributed by atoms with Gasteiger partial charge >= 0.3 is 0 Å². The molecule has 0 saturated heterocycles. The van der Waals surface area contributed by atoms with Gasteiger partial charge in [-0.15, -0.1) is 5.10 Å². The van der Waals surface area contributed by atoms with Crippen LogP contribution in [0.3, 0.4) is 0 Å². The second kappa shape index (κ2) is 10.7. The molecule has 4 nitrogen and oxygen atoms in total. The van der Waals surface area contributed by atoms with Gasteiger partial charge in [-0.05, 0) is 29.8 Å². The van der Waals surface area contributed by atoms with Crippen molar-refractivity contribution in [3.63, 3.8) is 0 Å². The first-order valence-electron chi connectivity index (χ1n) is 8.56. The van der Waals surface area contributed by atoms with E-state index in [1.165, 1.54) is 22.9 Å². The second-order valence-electron chi connectivity index (χ2n) is 5.62. The number of benzene rings is 2. The molecule has 25 heavy (non-hydrogen) atoms. The Kier molecular flexibility index (Phi) is 8.22. The highest BCUT2D eigenvalue weighted by Crippen LogP contribution is 2.12. The molecule has 0 amide bonds. The summed E-state index contributed by atoms with van der Waals surface area (Å²) in [5.41, 5.74) is 9.49. The zero-order valence-corrected chi connectivity index (χ0v) is 15.7. The molecule has 0 saturated carbocycles. The lowest BCUT2D eigenvalue weighted by Crippen LogP contribution is -2.22. The fourth-order valence-electron chi connectivity index (χ4n) is 2.40. The maximum Gasteiger partial charge on any atom is 0.180 e. The Balaban J connectivity index is 1.96. The molecule has 0 aliphatic rings. The lowest BCUT2D eigenvalue weighted by atomic mass is 10.1. The van der Waals surface area contributed by atoms with Crippen molar-refractivity contribution in [3.8, 4) is 0 Å². The van der Waals surface area contributed by atoms with Crippen LogP contribution < -0.4 is 5.73 Å². The van der Waals surface area contributed by atoms with E-state index >= 15 is 0 Å². The van der Waals surface area contributed by atoms with Crippen LogP contribution in [0, 0.1) is 0 Å². The molecule has 132 valence electrons. The summed E-state index contributed by atoms with van der Waals surface area (Å²) in [4.78, 5) is 2.38. The van der Waals surface area contributed by atoms with Gasteiger partial charge in [0.15, 0.2) is 5.17 Å². The van der Waals surface area contributed by atoms with E-state index in [9.17, 15) is 0 Å². The minimum atomic E-state index is 0.473. The van der Waals surface area contributed by atoms with E-state index in [2.05, 4.69) is 59.3 Å². The van der Waals surface area contributed by atoms with Gasteiger partial charge in [-0.25, -0.2) is 0 Å². The maximum absolute atomic E-state index is 5.94. The van der Waals surface area contributed by atoms with Crippen LogP contribution in [0.25, 0.3) is 0 Å². The van der Waals surface area contributed by atoms with Crippen LogP contribution in [0.1, 0.15) is 30.5 Å². The summed E-state index contributed by atoms with van der Waals surface area (Å²) in [6.45, 7) is 7.33. The number of rotatable bonds is 8. The number of amidine groups is 1. The number of nitrogens with two attached hydrogens (primary N) is 1. The standard InChI is InChI=1S/C20H26N4S/c1-3-24(4-2)15-19-13-9-8-12-18(19)14-22-23-20(21)25-16-17-10-6-5-7-11-17/h5-14H,3-4,15-16H2,1-2H3,(H2,21,23). The van der Waals surface area contributed by atoms with E-state index in [1.54, 1.807) is 6.21 Å². The van der Waals surface area contributed by atoms with Gasteiger partial charge in [0.2, 0.25) is 0 Å². The highest BCUT2D eigenvalue weighted by atomic mass is 32.2. The van der Waals surface area contributed by atoms with Crippen LogP contribution in [0.4, 0.5) is 0 Å². The quantitative estimate of drug-likeness (QED) is 0.441. The third-order valence-corrected chi connectivity index (χ3v) is 4.78. The molecule has 2 rings (SSSR count). The first-order valence-corrected chi connectivity index (χ1v) is 9.55. The van der Waals surface area contributed by atoms with E-state index in [0.717, 1.165) is 31.0 Å². The minimum absolute atomic E-state index is 0.473. The normalized spacial score (nSPS) is 12.2. The first kappa shape index (κ1) is 19.2. The molecule has 0 unspecified atom stereocenters. The van der Waals surface area contributed by atoms with Gasteiger partial charge in [-0.2, -0.15) is 5.10 Å². The number of hydrogen-bond acceptors (Lipinski definition) is 4. The lowest BCUT2D eigenvalue weighted by Gasteiger charge is -2.19. The topological polar surface area (TPSA) is 54.0 Å². The molecule has 0 heterocycles. The summed E-state index contributed by atoms with van der Waals surface area (Å²) >= 11 is 1.49. The van der Waals surface area contributed by atoms with Crippen molar-refractivity contribution in [2.75, 3.05) is 13.1 Å². The van der Waals surface area contributed by atoms with E-state index in [-0.39, 0.29) is 0 Å². The highest BCUT2D eigenvalue weighted by molar-refractivity contribution is 8.13. The van der Waals surface area contributed by atoms with E-state index in [0.29, 0.717) is 5.17 Å². The van der Waals surface area contributed by atoms with Crippen LogP contribution in [0.2, 0.25) is 0 Å². The van der Waals surface area contributed by atoms with Crippen molar-refractivity contribution in [2.24, 2.45) is 15.9 Å².